The molecule has 14 heteroatoms. The Hall–Kier alpha value is -5.17. The lowest BCUT2D eigenvalue weighted by atomic mass is 10.2. The molecule has 0 bridgehead atoms. The number of hydrogen-bond acceptors (Lipinski definition) is 8. The van der Waals surface area contributed by atoms with Crippen LogP contribution in [0.4, 0.5) is 23.2 Å². The summed E-state index contributed by atoms with van der Waals surface area (Å²) < 4.78 is 82.0. The maximum Gasteiger partial charge on any atom is 0.431 e. The van der Waals surface area contributed by atoms with Crippen molar-refractivity contribution in [3.63, 3.8) is 0 Å². The van der Waals surface area contributed by atoms with Crippen LogP contribution >= 0.6 is 11.6 Å². The van der Waals surface area contributed by atoms with Gasteiger partial charge in [-0.15, -0.1) is 0 Å². The molecule has 0 aliphatic carbocycles. The van der Waals surface area contributed by atoms with Gasteiger partial charge in [0, 0.05) is 25.4 Å². The summed E-state index contributed by atoms with van der Waals surface area (Å²) in [5.74, 6) is -2.18. The molecule has 45 heavy (non-hydrogen) atoms. The molecule has 9 nitrogen and oxygen atoms in total. The topological polar surface area (TPSA) is 93.6 Å². The van der Waals surface area contributed by atoms with E-state index < -0.39 is 42.8 Å². The first-order valence-electron chi connectivity index (χ1n) is 13.2. The second kappa shape index (κ2) is 13.2. The molecule has 1 aliphatic rings. The van der Waals surface area contributed by atoms with Gasteiger partial charge in [-0.3, -0.25) is 4.90 Å². The van der Waals surface area contributed by atoms with E-state index in [2.05, 4.69) is 4.98 Å². The molecule has 0 saturated carbocycles. The Balaban J connectivity index is 1.63. The number of aromatic nitrogens is 1. The number of aliphatic carboxylic acids is 1. The highest BCUT2D eigenvalue weighted by Crippen LogP contribution is 2.42. The molecular formula is C31H24ClF4N3O6. The van der Waals surface area contributed by atoms with Crippen molar-refractivity contribution in [3.05, 3.63) is 114 Å². The van der Waals surface area contributed by atoms with Crippen LogP contribution in [0.25, 0.3) is 0 Å². The number of benzene rings is 3. The van der Waals surface area contributed by atoms with Crippen molar-refractivity contribution in [2.24, 2.45) is 0 Å². The Morgan fingerprint density at radius 1 is 0.956 bits per heavy atom. The van der Waals surface area contributed by atoms with Gasteiger partial charge in [-0.25, -0.2) is 14.2 Å². The maximum atomic E-state index is 15.9. The van der Waals surface area contributed by atoms with Gasteiger partial charge in [0.25, 0.3) is 12.2 Å². The van der Waals surface area contributed by atoms with Crippen LogP contribution in [0.5, 0.6) is 28.9 Å². The van der Waals surface area contributed by atoms with Gasteiger partial charge in [-0.1, -0.05) is 48.0 Å². The summed E-state index contributed by atoms with van der Waals surface area (Å²) in [6.45, 7) is -0.721. The van der Waals surface area contributed by atoms with Crippen LogP contribution in [0.2, 0.25) is 5.02 Å². The van der Waals surface area contributed by atoms with Crippen molar-refractivity contribution < 1.29 is 46.4 Å². The second-order valence-corrected chi connectivity index (χ2v) is 9.88. The van der Waals surface area contributed by atoms with Crippen LogP contribution in [0.1, 0.15) is 0 Å². The lowest BCUT2D eigenvalue weighted by Crippen LogP contribution is -2.60. The van der Waals surface area contributed by atoms with Gasteiger partial charge in [-0.2, -0.15) is 13.2 Å². The minimum Gasteiger partial charge on any atom is -0.479 e. The predicted molar refractivity (Wildman–Crippen MR) is 155 cm³/mol. The van der Waals surface area contributed by atoms with Gasteiger partial charge in [0.15, 0.2) is 18.6 Å². The molecule has 2 heterocycles. The minimum absolute atomic E-state index is 0.0533. The maximum absolute atomic E-state index is 15.9. The number of carboxylic acids is 1. The molecule has 2 atom stereocenters. The predicted octanol–water partition coefficient (Wildman–Crippen LogP) is 7.10. The van der Waals surface area contributed by atoms with Crippen molar-refractivity contribution in [2.75, 3.05) is 18.6 Å². The molecule has 1 N–H and O–H groups in total. The molecule has 0 amide bonds. The average molecular weight is 646 g/mol. The van der Waals surface area contributed by atoms with Crippen molar-refractivity contribution in [1.82, 2.24) is 9.88 Å². The van der Waals surface area contributed by atoms with Crippen molar-refractivity contribution >= 4 is 23.3 Å². The molecule has 0 radical (unpaired) electrons. The molecule has 234 valence electrons. The highest BCUT2D eigenvalue weighted by atomic mass is 35.5. The largest absolute Gasteiger partial charge is 0.479 e. The Morgan fingerprint density at radius 3 is 2.22 bits per heavy atom. The van der Waals surface area contributed by atoms with Gasteiger partial charge in [0.2, 0.25) is 0 Å². The third-order valence-electron chi connectivity index (χ3n) is 6.37. The number of carbonyl (C=O) groups is 1. The lowest BCUT2D eigenvalue weighted by Gasteiger charge is -2.47. The van der Waals surface area contributed by atoms with Gasteiger partial charge in [0.05, 0.1) is 10.7 Å². The number of carboxylic acid groups (broad SMARTS) is 1. The van der Waals surface area contributed by atoms with Crippen LogP contribution in [-0.2, 0) is 4.79 Å². The third kappa shape index (κ3) is 7.32. The Kier molecular flexibility index (Phi) is 9.18. The fourth-order valence-corrected chi connectivity index (χ4v) is 4.59. The number of rotatable bonds is 10. The lowest BCUT2D eigenvalue weighted by molar-refractivity contribution is -0.139. The highest BCUT2D eigenvalue weighted by molar-refractivity contribution is 6.32. The summed E-state index contributed by atoms with van der Waals surface area (Å²) in [5, 5.41) is 8.79. The zero-order valence-corrected chi connectivity index (χ0v) is 24.1. The normalized spacial score (nSPS) is 16.5. The van der Waals surface area contributed by atoms with Crippen molar-refractivity contribution in [2.45, 2.75) is 18.8 Å². The number of allylic oxidation sites excluding steroid dienone is 1. The highest BCUT2D eigenvalue weighted by Gasteiger charge is 2.48. The number of pyridine rings is 1. The summed E-state index contributed by atoms with van der Waals surface area (Å²) in [6, 6.07) is 21.1. The number of hydrogen-bond donors (Lipinski definition) is 1. The number of para-hydroxylation sites is 2. The number of alkyl halides is 3. The summed E-state index contributed by atoms with van der Waals surface area (Å²) in [7, 11) is 1.16. The molecule has 1 aromatic heterocycles. The Labute approximate surface area is 259 Å². The third-order valence-corrected chi connectivity index (χ3v) is 6.66. The number of ether oxygens (including phenoxy) is 4. The fraction of sp³-hybridized carbons (Fsp3) is 0.161. The average Bonchev–Trinajstić information content (AvgIpc) is 3.00. The molecule has 5 rings (SSSR count). The van der Waals surface area contributed by atoms with E-state index in [0.29, 0.717) is 0 Å². The second-order valence-electron chi connectivity index (χ2n) is 9.47. The molecule has 1 aliphatic heterocycles. The molecule has 0 saturated heterocycles. The van der Waals surface area contributed by atoms with Crippen molar-refractivity contribution in [1.29, 1.82) is 0 Å². The van der Waals surface area contributed by atoms with Gasteiger partial charge in [-0.05, 0) is 42.5 Å². The molecule has 3 aromatic carbocycles. The van der Waals surface area contributed by atoms with E-state index in [1.807, 2.05) is 0 Å². The Morgan fingerprint density at radius 2 is 1.60 bits per heavy atom. The van der Waals surface area contributed by atoms with Crippen LogP contribution < -0.4 is 23.8 Å². The quantitative estimate of drug-likeness (QED) is 0.181. The van der Waals surface area contributed by atoms with E-state index >= 15 is 4.39 Å². The SMILES string of the molecule is CN1C(C(F)(F)F)=CC(Oc2ccccc2)N(c2cc(Oc3cccnc3OCC(=O)O)c(Cl)cc2F)C1Oc1ccccc1. The first-order valence-corrected chi connectivity index (χ1v) is 13.6. The molecule has 2 unspecified atom stereocenters. The van der Waals surface area contributed by atoms with Crippen LogP contribution in [0, 0.1) is 5.82 Å². The van der Waals surface area contributed by atoms with Crippen LogP contribution in [0.3, 0.4) is 0 Å². The summed E-state index contributed by atoms with van der Waals surface area (Å²) in [5.41, 5.74) is -1.38. The van der Waals surface area contributed by atoms with E-state index in [0.717, 1.165) is 30.2 Å². The van der Waals surface area contributed by atoms with E-state index in [9.17, 15) is 18.0 Å². The monoisotopic (exact) mass is 645 g/mol. The summed E-state index contributed by atoms with van der Waals surface area (Å²) in [6.07, 6.45) is -5.82. The first-order chi connectivity index (χ1) is 21.5. The van der Waals surface area contributed by atoms with E-state index in [1.165, 1.54) is 23.2 Å². The number of nitrogens with zero attached hydrogens (tertiary/aromatic N) is 3. The zero-order valence-electron chi connectivity index (χ0n) is 23.3. The molecule has 4 aromatic rings. The molecule has 0 spiro atoms. The Bertz CT molecular complexity index is 1680. The first kappa shape index (κ1) is 31.3. The van der Waals surface area contributed by atoms with E-state index in [-0.39, 0.29) is 39.6 Å². The molecule has 0 fully saturated rings. The number of anilines is 1. The summed E-state index contributed by atoms with van der Waals surface area (Å²) in [4.78, 5) is 17.0. The van der Waals surface area contributed by atoms with Gasteiger partial charge in [0.1, 0.15) is 28.8 Å². The standard InChI is InChI=1S/C31H24ClF4N3O6/c1-38-26(31(34,35)36)17-27(43-19-9-4-2-5-10-19)39(30(38)44-20-11-6-3-7-12-20)23-16-25(21(32)15-22(23)33)45-24-13-8-14-37-29(24)42-18-28(40)41/h2-17,27,30H,18H2,1H3,(H,40,41). The van der Waals surface area contributed by atoms with Crippen LogP contribution in [-0.4, -0.2) is 53.4 Å². The zero-order chi connectivity index (χ0) is 32.1. The van der Waals surface area contributed by atoms with E-state index in [4.69, 9.17) is 35.7 Å². The van der Waals surface area contributed by atoms with Gasteiger partial charge < -0.3 is 29.0 Å². The minimum atomic E-state index is -4.82. The molecular weight excluding hydrogens is 622 g/mol. The van der Waals surface area contributed by atoms with E-state index in [1.54, 1.807) is 60.7 Å². The summed E-state index contributed by atoms with van der Waals surface area (Å²) >= 11 is 6.34. The van der Waals surface area contributed by atoms with Crippen molar-refractivity contribution in [3.8, 4) is 28.9 Å². The smallest absolute Gasteiger partial charge is 0.431 e. The van der Waals surface area contributed by atoms with Crippen LogP contribution in [0.15, 0.2) is 103 Å². The number of halogens is 5. The van der Waals surface area contributed by atoms with Gasteiger partial charge >= 0.3 is 12.1 Å². The fourth-order valence-electron chi connectivity index (χ4n) is 4.41.